The minimum absolute atomic E-state index is 0.200. The predicted molar refractivity (Wildman–Crippen MR) is 119 cm³/mol. The standard InChI is InChI=1S/C20H24N6OS2/c1-25(2)18-23-19(29-24-18)26-9-7-20(8-10-26)13-12-16(28-15(13)6-11-27-20)14-4-3-5-17(21)22-14/h3-5,12H,6-11H2,1-2H3,(H2,21,22). The van der Waals surface area contributed by atoms with Crippen molar-refractivity contribution in [3.63, 3.8) is 0 Å². The third kappa shape index (κ3) is 3.37. The second-order valence-corrected chi connectivity index (χ2v) is 9.61. The summed E-state index contributed by atoms with van der Waals surface area (Å²) < 4.78 is 10.9. The normalized spacial score (nSPS) is 18.1. The van der Waals surface area contributed by atoms with Gasteiger partial charge in [-0.1, -0.05) is 6.07 Å². The van der Waals surface area contributed by atoms with Crippen molar-refractivity contribution in [1.82, 2.24) is 14.3 Å². The molecule has 2 aliphatic rings. The molecule has 1 saturated heterocycles. The number of nitrogens with zero attached hydrogens (tertiary/aromatic N) is 5. The lowest BCUT2D eigenvalue weighted by atomic mass is 9.82. The summed E-state index contributed by atoms with van der Waals surface area (Å²) in [7, 11) is 3.94. The smallest absolute Gasteiger partial charge is 0.238 e. The monoisotopic (exact) mass is 428 g/mol. The number of ether oxygens (including phenoxy) is 1. The van der Waals surface area contributed by atoms with Crippen LogP contribution in [0.4, 0.5) is 16.9 Å². The molecule has 0 radical (unpaired) electrons. The van der Waals surface area contributed by atoms with Gasteiger partial charge in [0.2, 0.25) is 11.1 Å². The van der Waals surface area contributed by atoms with Crippen molar-refractivity contribution >= 4 is 39.8 Å². The fourth-order valence-electron chi connectivity index (χ4n) is 4.12. The van der Waals surface area contributed by atoms with Gasteiger partial charge < -0.3 is 20.3 Å². The highest BCUT2D eigenvalue weighted by Crippen LogP contribution is 2.47. The average Bonchev–Trinajstić information content (AvgIpc) is 3.37. The number of aromatic nitrogens is 3. The molecule has 152 valence electrons. The van der Waals surface area contributed by atoms with E-state index in [1.807, 2.05) is 48.5 Å². The third-order valence-electron chi connectivity index (χ3n) is 5.68. The van der Waals surface area contributed by atoms with Crippen LogP contribution >= 0.6 is 22.9 Å². The van der Waals surface area contributed by atoms with Gasteiger partial charge in [0.1, 0.15) is 5.82 Å². The molecule has 0 atom stereocenters. The summed E-state index contributed by atoms with van der Waals surface area (Å²) in [6.45, 7) is 2.62. The van der Waals surface area contributed by atoms with Crippen LogP contribution in [0.3, 0.4) is 0 Å². The summed E-state index contributed by atoms with van der Waals surface area (Å²) in [6, 6.07) is 8.10. The molecule has 0 saturated carbocycles. The van der Waals surface area contributed by atoms with Crippen LogP contribution in [0.15, 0.2) is 24.3 Å². The van der Waals surface area contributed by atoms with E-state index in [9.17, 15) is 0 Å². The van der Waals surface area contributed by atoms with Crippen molar-refractivity contribution in [2.75, 3.05) is 49.3 Å². The van der Waals surface area contributed by atoms with Crippen molar-refractivity contribution in [3.05, 3.63) is 34.7 Å². The van der Waals surface area contributed by atoms with Gasteiger partial charge in [-0.2, -0.15) is 9.36 Å². The van der Waals surface area contributed by atoms with Gasteiger partial charge in [0, 0.05) is 50.0 Å². The molecule has 0 unspecified atom stereocenters. The Morgan fingerprint density at radius 2 is 2.03 bits per heavy atom. The molecule has 0 aromatic carbocycles. The number of nitrogen functional groups attached to an aromatic ring is 1. The number of anilines is 3. The zero-order chi connectivity index (χ0) is 20.0. The molecule has 3 aromatic heterocycles. The van der Waals surface area contributed by atoms with E-state index in [2.05, 4.69) is 25.3 Å². The summed E-state index contributed by atoms with van der Waals surface area (Å²) >= 11 is 3.30. The topological polar surface area (TPSA) is 80.4 Å². The lowest BCUT2D eigenvalue weighted by molar-refractivity contribution is -0.0756. The van der Waals surface area contributed by atoms with Gasteiger partial charge >= 0.3 is 0 Å². The Labute approximate surface area is 178 Å². The summed E-state index contributed by atoms with van der Waals surface area (Å²) in [6.07, 6.45) is 2.88. The van der Waals surface area contributed by atoms with E-state index in [1.165, 1.54) is 26.9 Å². The largest absolute Gasteiger partial charge is 0.384 e. The Hall–Kier alpha value is -2.23. The van der Waals surface area contributed by atoms with E-state index in [0.29, 0.717) is 5.82 Å². The fraction of sp³-hybridized carbons (Fsp3) is 0.450. The van der Waals surface area contributed by atoms with Crippen LogP contribution in [0.1, 0.15) is 23.3 Å². The van der Waals surface area contributed by atoms with Gasteiger partial charge in [0.15, 0.2) is 0 Å². The molecule has 7 nitrogen and oxygen atoms in total. The fourth-order valence-corrected chi connectivity index (χ4v) is 6.11. The van der Waals surface area contributed by atoms with Crippen LogP contribution in [0.5, 0.6) is 0 Å². The second kappa shape index (κ2) is 7.23. The molecule has 1 fully saturated rings. The maximum atomic E-state index is 6.43. The Morgan fingerprint density at radius 1 is 1.21 bits per heavy atom. The number of hydrogen-bond donors (Lipinski definition) is 1. The molecule has 0 aliphatic carbocycles. The number of piperidine rings is 1. The second-order valence-electron chi connectivity index (χ2n) is 7.75. The van der Waals surface area contributed by atoms with E-state index in [1.54, 1.807) is 0 Å². The Bertz CT molecular complexity index is 1020. The first kappa shape index (κ1) is 18.8. The third-order valence-corrected chi connectivity index (χ3v) is 7.66. The maximum Gasteiger partial charge on any atom is 0.238 e. The lowest BCUT2D eigenvalue weighted by Gasteiger charge is -2.43. The van der Waals surface area contributed by atoms with Crippen LogP contribution in [-0.2, 0) is 16.8 Å². The Kier molecular flexibility index (Phi) is 4.68. The van der Waals surface area contributed by atoms with Crippen molar-refractivity contribution in [3.8, 4) is 10.6 Å². The van der Waals surface area contributed by atoms with E-state index in [4.69, 9.17) is 10.5 Å². The van der Waals surface area contributed by atoms with E-state index < -0.39 is 0 Å². The molecule has 9 heteroatoms. The van der Waals surface area contributed by atoms with Gasteiger partial charge in [-0.05, 0) is 36.6 Å². The molecule has 1 spiro atoms. The van der Waals surface area contributed by atoms with Crippen LogP contribution in [0.2, 0.25) is 0 Å². The SMILES string of the molecule is CN(C)c1nsc(N2CCC3(CC2)OCCc2sc(-c4cccc(N)n4)cc23)n1. The maximum absolute atomic E-state index is 6.43. The molecule has 5 heterocycles. The number of pyridine rings is 1. The van der Waals surface area contributed by atoms with Crippen LogP contribution < -0.4 is 15.5 Å². The van der Waals surface area contributed by atoms with E-state index >= 15 is 0 Å². The highest BCUT2D eigenvalue weighted by Gasteiger charge is 2.42. The molecular weight excluding hydrogens is 404 g/mol. The van der Waals surface area contributed by atoms with Crippen molar-refractivity contribution in [2.45, 2.75) is 24.9 Å². The molecule has 0 amide bonds. The number of rotatable bonds is 3. The van der Waals surface area contributed by atoms with E-state index in [0.717, 1.165) is 55.7 Å². The highest BCUT2D eigenvalue weighted by atomic mass is 32.1. The number of fused-ring (bicyclic) bond motifs is 2. The first-order valence-electron chi connectivity index (χ1n) is 9.80. The average molecular weight is 429 g/mol. The zero-order valence-electron chi connectivity index (χ0n) is 16.6. The van der Waals surface area contributed by atoms with Crippen LogP contribution in [0.25, 0.3) is 10.6 Å². The highest BCUT2D eigenvalue weighted by molar-refractivity contribution is 7.15. The minimum atomic E-state index is -0.200. The first-order valence-corrected chi connectivity index (χ1v) is 11.4. The molecule has 3 aromatic rings. The number of thiophene rings is 1. The summed E-state index contributed by atoms with van der Waals surface area (Å²) in [5.74, 6) is 1.33. The molecule has 29 heavy (non-hydrogen) atoms. The Balaban J connectivity index is 1.39. The quantitative estimate of drug-likeness (QED) is 0.685. The van der Waals surface area contributed by atoms with Gasteiger partial charge in [-0.3, -0.25) is 0 Å². The zero-order valence-corrected chi connectivity index (χ0v) is 18.2. The molecule has 5 rings (SSSR count). The van der Waals surface area contributed by atoms with Crippen molar-refractivity contribution < 1.29 is 4.74 Å². The molecule has 0 bridgehead atoms. The summed E-state index contributed by atoms with van der Waals surface area (Å²) in [5, 5.41) is 0.995. The molecular formula is C20H24N6OS2. The van der Waals surface area contributed by atoms with Gasteiger partial charge in [0.05, 0.1) is 22.8 Å². The minimum Gasteiger partial charge on any atom is -0.384 e. The van der Waals surface area contributed by atoms with Crippen LogP contribution in [-0.4, -0.2) is 48.1 Å². The van der Waals surface area contributed by atoms with Gasteiger partial charge in [0.25, 0.3) is 0 Å². The van der Waals surface area contributed by atoms with E-state index in [-0.39, 0.29) is 5.60 Å². The summed E-state index contributed by atoms with van der Waals surface area (Å²) in [4.78, 5) is 16.1. The number of hydrogen-bond acceptors (Lipinski definition) is 9. The van der Waals surface area contributed by atoms with Gasteiger partial charge in [-0.15, -0.1) is 11.3 Å². The lowest BCUT2D eigenvalue weighted by Crippen LogP contribution is -2.46. The Morgan fingerprint density at radius 3 is 2.76 bits per heavy atom. The van der Waals surface area contributed by atoms with Crippen LogP contribution in [0, 0.1) is 0 Å². The molecule has 2 N–H and O–H groups in total. The first-order chi connectivity index (χ1) is 14.0. The number of nitrogens with two attached hydrogens (primary N) is 1. The molecule has 2 aliphatic heterocycles. The summed E-state index contributed by atoms with van der Waals surface area (Å²) in [5.41, 5.74) is 7.99. The van der Waals surface area contributed by atoms with Gasteiger partial charge in [-0.25, -0.2) is 4.98 Å². The predicted octanol–water partition coefficient (Wildman–Crippen LogP) is 3.38. The van der Waals surface area contributed by atoms with Crippen molar-refractivity contribution in [1.29, 1.82) is 0 Å². The van der Waals surface area contributed by atoms with Crippen molar-refractivity contribution in [2.24, 2.45) is 0 Å².